The molecule has 3 heteroatoms. The molecule has 0 spiro atoms. The summed E-state index contributed by atoms with van der Waals surface area (Å²) in [5.41, 5.74) is 0.144. The highest BCUT2D eigenvalue weighted by Gasteiger charge is 2.26. The monoisotopic (exact) mass is 245 g/mol. The highest BCUT2D eigenvalue weighted by molar-refractivity contribution is 7.98. The summed E-state index contributed by atoms with van der Waals surface area (Å²) in [6, 6.07) is 0. The van der Waals surface area contributed by atoms with Crippen LogP contribution in [0.15, 0.2) is 0 Å². The molecule has 16 heavy (non-hydrogen) atoms. The van der Waals surface area contributed by atoms with Crippen molar-refractivity contribution in [2.24, 2.45) is 5.41 Å². The quantitative estimate of drug-likeness (QED) is 0.726. The second-order valence-corrected chi connectivity index (χ2v) is 7.25. The van der Waals surface area contributed by atoms with Crippen LogP contribution in [-0.4, -0.2) is 23.5 Å². The molecular formula is C13H27NOS. The molecule has 1 amide bonds. The van der Waals surface area contributed by atoms with Crippen molar-refractivity contribution in [3.63, 3.8) is 0 Å². The minimum absolute atomic E-state index is 0.102. The normalized spacial score (nSPS) is 12.6. The molecule has 2 nitrogen and oxygen atoms in total. The largest absolute Gasteiger partial charge is 0.351 e. The molecule has 0 aromatic heterocycles. The Morgan fingerprint density at radius 3 is 2.19 bits per heavy atom. The van der Waals surface area contributed by atoms with E-state index < -0.39 is 0 Å². The molecule has 0 aromatic rings. The van der Waals surface area contributed by atoms with Crippen molar-refractivity contribution in [1.29, 1.82) is 0 Å². The van der Waals surface area contributed by atoms with E-state index in [0.717, 1.165) is 18.6 Å². The fourth-order valence-corrected chi connectivity index (χ4v) is 2.62. The summed E-state index contributed by atoms with van der Waals surface area (Å²) in [6.45, 7) is 10.8. The molecule has 0 rings (SSSR count). The minimum atomic E-state index is -0.102. The maximum atomic E-state index is 11.7. The Morgan fingerprint density at radius 1 is 1.19 bits per heavy atom. The van der Waals surface area contributed by atoms with Crippen molar-refractivity contribution < 1.29 is 4.79 Å². The lowest BCUT2D eigenvalue weighted by Gasteiger charge is -2.33. The molecule has 0 heterocycles. The lowest BCUT2D eigenvalue weighted by Crippen LogP contribution is -2.45. The number of rotatable bonds is 6. The molecule has 0 saturated heterocycles. The van der Waals surface area contributed by atoms with Gasteiger partial charge in [-0.25, -0.2) is 0 Å². The van der Waals surface area contributed by atoms with Gasteiger partial charge in [0, 0.05) is 12.0 Å². The van der Waals surface area contributed by atoms with Crippen LogP contribution in [0.1, 0.15) is 53.9 Å². The Kier molecular flexibility index (Phi) is 6.46. The molecule has 0 saturated carbocycles. The van der Waals surface area contributed by atoms with Gasteiger partial charge in [-0.3, -0.25) is 4.79 Å². The highest BCUT2D eigenvalue weighted by atomic mass is 32.2. The summed E-state index contributed by atoms with van der Waals surface area (Å²) in [7, 11) is 0. The molecule has 96 valence electrons. The maximum Gasteiger partial charge on any atom is 0.220 e. The fourth-order valence-electron chi connectivity index (χ4n) is 2.19. The van der Waals surface area contributed by atoms with E-state index in [1.54, 1.807) is 11.8 Å². The van der Waals surface area contributed by atoms with E-state index in [0.29, 0.717) is 6.42 Å². The molecule has 0 fully saturated rings. The molecule has 0 aromatic carbocycles. The molecular weight excluding hydrogens is 218 g/mol. The molecule has 0 aliphatic rings. The van der Waals surface area contributed by atoms with Gasteiger partial charge < -0.3 is 5.32 Å². The first-order valence-electron chi connectivity index (χ1n) is 5.96. The third-order valence-electron chi connectivity index (χ3n) is 2.20. The van der Waals surface area contributed by atoms with Crippen LogP contribution >= 0.6 is 11.8 Å². The Bertz CT molecular complexity index is 218. The van der Waals surface area contributed by atoms with Crippen LogP contribution in [-0.2, 0) is 4.79 Å². The molecule has 0 radical (unpaired) electrons. The molecule has 0 atom stereocenters. The summed E-state index contributed by atoms with van der Waals surface area (Å²) in [4.78, 5) is 11.7. The number of hydrogen-bond donors (Lipinski definition) is 1. The van der Waals surface area contributed by atoms with Crippen LogP contribution in [0.2, 0.25) is 0 Å². The zero-order valence-electron chi connectivity index (χ0n) is 11.6. The molecule has 1 N–H and O–H groups in total. The van der Waals surface area contributed by atoms with Crippen molar-refractivity contribution in [1.82, 2.24) is 5.32 Å². The van der Waals surface area contributed by atoms with Gasteiger partial charge in [0.25, 0.3) is 0 Å². The number of nitrogens with one attached hydrogen (secondary N) is 1. The van der Waals surface area contributed by atoms with E-state index in [-0.39, 0.29) is 16.9 Å². The van der Waals surface area contributed by atoms with Crippen LogP contribution in [0, 0.1) is 5.41 Å². The topological polar surface area (TPSA) is 29.1 Å². The standard InChI is InChI=1S/C13H27NOS/c1-12(2,3)10-13(4,5)14-11(15)8-7-9-16-6/h7-10H2,1-6H3,(H,14,15). The summed E-state index contributed by atoms with van der Waals surface area (Å²) in [5.74, 6) is 1.25. The first kappa shape index (κ1) is 15.8. The van der Waals surface area contributed by atoms with Gasteiger partial charge in [-0.2, -0.15) is 11.8 Å². The fraction of sp³-hybridized carbons (Fsp3) is 0.923. The van der Waals surface area contributed by atoms with Gasteiger partial charge >= 0.3 is 0 Å². The number of thioether (sulfide) groups is 1. The van der Waals surface area contributed by atoms with E-state index >= 15 is 0 Å². The Labute approximate surface area is 105 Å². The Morgan fingerprint density at radius 2 is 1.75 bits per heavy atom. The zero-order chi connectivity index (χ0) is 12.8. The molecule has 0 aliphatic heterocycles. The lowest BCUT2D eigenvalue weighted by atomic mass is 9.82. The summed E-state index contributed by atoms with van der Waals surface area (Å²) in [6.07, 6.45) is 4.68. The predicted molar refractivity (Wildman–Crippen MR) is 73.9 cm³/mol. The van der Waals surface area contributed by atoms with Crippen LogP contribution in [0.25, 0.3) is 0 Å². The molecule has 0 aliphatic carbocycles. The van der Waals surface area contributed by atoms with E-state index in [9.17, 15) is 4.79 Å². The van der Waals surface area contributed by atoms with Crippen LogP contribution in [0.3, 0.4) is 0 Å². The van der Waals surface area contributed by atoms with E-state index in [1.165, 1.54) is 0 Å². The van der Waals surface area contributed by atoms with Gasteiger partial charge in [-0.1, -0.05) is 20.8 Å². The third kappa shape index (κ3) is 9.08. The third-order valence-corrected chi connectivity index (χ3v) is 2.90. The maximum absolute atomic E-state index is 11.7. The van der Waals surface area contributed by atoms with E-state index in [4.69, 9.17) is 0 Å². The van der Waals surface area contributed by atoms with Crippen molar-refractivity contribution in [3.05, 3.63) is 0 Å². The second kappa shape index (κ2) is 6.53. The number of carbonyl (C=O) groups excluding carboxylic acids is 1. The Hall–Kier alpha value is -0.180. The summed E-state index contributed by atoms with van der Waals surface area (Å²) < 4.78 is 0. The van der Waals surface area contributed by atoms with Crippen molar-refractivity contribution >= 4 is 17.7 Å². The van der Waals surface area contributed by atoms with Crippen molar-refractivity contribution in [2.75, 3.05) is 12.0 Å². The van der Waals surface area contributed by atoms with E-state index in [1.807, 2.05) is 0 Å². The van der Waals surface area contributed by atoms with Gasteiger partial charge in [0.05, 0.1) is 0 Å². The second-order valence-electron chi connectivity index (χ2n) is 6.27. The van der Waals surface area contributed by atoms with Crippen molar-refractivity contribution in [3.8, 4) is 0 Å². The summed E-state index contributed by atoms with van der Waals surface area (Å²) in [5, 5.41) is 3.12. The number of hydrogen-bond acceptors (Lipinski definition) is 2. The van der Waals surface area contributed by atoms with Gasteiger partial charge in [0.2, 0.25) is 5.91 Å². The first-order chi connectivity index (χ1) is 7.16. The molecule has 0 unspecified atom stereocenters. The Balaban J connectivity index is 4.00. The smallest absolute Gasteiger partial charge is 0.220 e. The SMILES string of the molecule is CSCCCC(=O)NC(C)(C)CC(C)(C)C. The average Bonchev–Trinajstić information content (AvgIpc) is 1.98. The molecule has 0 bridgehead atoms. The van der Waals surface area contributed by atoms with Gasteiger partial charge in [-0.05, 0) is 44.1 Å². The summed E-state index contributed by atoms with van der Waals surface area (Å²) >= 11 is 1.79. The number of amides is 1. The van der Waals surface area contributed by atoms with Crippen LogP contribution in [0.4, 0.5) is 0 Å². The lowest BCUT2D eigenvalue weighted by molar-refractivity contribution is -0.122. The van der Waals surface area contributed by atoms with E-state index in [2.05, 4.69) is 46.2 Å². The predicted octanol–water partition coefficient (Wildman–Crippen LogP) is 3.46. The van der Waals surface area contributed by atoms with Crippen LogP contribution < -0.4 is 5.32 Å². The zero-order valence-corrected chi connectivity index (χ0v) is 12.5. The minimum Gasteiger partial charge on any atom is -0.351 e. The van der Waals surface area contributed by atoms with Crippen molar-refractivity contribution in [2.45, 2.75) is 59.4 Å². The number of carbonyl (C=O) groups is 1. The first-order valence-corrected chi connectivity index (χ1v) is 7.36. The van der Waals surface area contributed by atoms with Gasteiger partial charge in [0.1, 0.15) is 0 Å². The van der Waals surface area contributed by atoms with Gasteiger partial charge in [0.15, 0.2) is 0 Å². The van der Waals surface area contributed by atoms with Gasteiger partial charge in [-0.15, -0.1) is 0 Å². The van der Waals surface area contributed by atoms with Crippen LogP contribution in [0.5, 0.6) is 0 Å². The average molecular weight is 245 g/mol. The highest BCUT2D eigenvalue weighted by Crippen LogP contribution is 2.26.